The highest BCUT2D eigenvalue weighted by Crippen LogP contribution is 2.41. The molecule has 0 aliphatic carbocycles. The lowest BCUT2D eigenvalue weighted by Gasteiger charge is -2.40. The predicted molar refractivity (Wildman–Crippen MR) is 144 cm³/mol. The van der Waals surface area contributed by atoms with E-state index in [1.807, 2.05) is 6.07 Å². The monoisotopic (exact) mass is 581 g/mol. The van der Waals surface area contributed by atoms with Gasteiger partial charge in [-0.3, -0.25) is 28.4 Å². The molecule has 14 heteroatoms. The number of carbonyl (C=O) groups excluding carboxylic acids is 1. The minimum atomic E-state index is -4.56. The molecule has 0 bridgehead atoms. The average molecular weight is 582 g/mol. The predicted octanol–water partition coefficient (Wildman–Crippen LogP) is 5.31. The van der Waals surface area contributed by atoms with Gasteiger partial charge in [0, 0.05) is 31.3 Å². The standard InChI is InChI=1S/C25H26F3N5O4S2/c1-15(17-4-2-3-5-18(17)25(26,27)28)37-21-11-22(38-23(21)24(29)34)33-14-31-19-12-30-16(10-20(19)33)13-32-6-8-39(35,36)9-7-32/h2-5,10-12,14-15,35-36H,6-9,13H2,1H3,(H2,29,34)/t15-/m1/s1. The van der Waals surface area contributed by atoms with Crippen LogP contribution >= 0.6 is 21.9 Å². The molecule has 9 nitrogen and oxygen atoms in total. The molecular formula is C25H26F3N5O4S2. The molecule has 1 amide bonds. The fourth-order valence-corrected chi connectivity index (χ4v) is 6.70. The number of nitrogens with two attached hydrogens (primary N) is 1. The number of imidazole rings is 1. The second kappa shape index (κ2) is 10.4. The van der Waals surface area contributed by atoms with E-state index in [0.29, 0.717) is 47.2 Å². The van der Waals surface area contributed by atoms with Crippen LogP contribution in [0.2, 0.25) is 0 Å². The molecule has 39 heavy (non-hydrogen) atoms. The largest absolute Gasteiger partial charge is 0.484 e. The maximum atomic E-state index is 13.5. The molecule has 1 aliphatic rings. The number of thiophene rings is 1. The summed E-state index contributed by atoms with van der Waals surface area (Å²) in [6, 6.07) is 8.56. The van der Waals surface area contributed by atoms with E-state index in [1.165, 1.54) is 25.1 Å². The molecule has 1 atom stereocenters. The van der Waals surface area contributed by atoms with Crippen molar-refractivity contribution in [1.82, 2.24) is 19.4 Å². The molecule has 5 rings (SSSR count). The van der Waals surface area contributed by atoms with Crippen LogP contribution in [0.15, 0.2) is 48.9 Å². The molecule has 1 fully saturated rings. The molecular weight excluding hydrogens is 555 g/mol. The number of alkyl halides is 3. The van der Waals surface area contributed by atoms with Gasteiger partial charge in [-0.15, -0.1) is 11.3 Å². The highest BCUT2D eigenvalue weighted by atomic mass is 32.3. The first-order chi connectivity index (χ1) is 18.4. The molecule has 3 aromatic heterocycles. The van der Waals surface area contributed by atoms with Crippen LogP contribution in [0.1, 0.15) is 39.5 Å². The Bertz CT molecular complexity index is 1510. The van der Waals surface area contributed by atoms with E-state index in [2.05, 4.69) is 14.9 Å². The number of pyridine rings is 1. The Morgan fingerprint density at radius 1 is 1.21 bits per heavy atom. The third-order valence-electron chi connectivity index (χ3n) is 6.50. The van der Waals surface area contributed by atoms with Crippen molar-refractivity contribution in [3.05, 3.63) is 70.6 Å². The van der Waals surface area contributed by atoms with Gasteiger partial charge in [0.1, 0.15) is 33.6 Å². The molecule has 208 valence electrons. The lowest BCUT2D eigenvalue weighted by molar-refractivity contribution is -0.139. The second-order valence-electron chi connectivity index (χ2n) is 9.25. The molecule has 4 heterocycles. The van der Waals surface area contributed by atoms with E-state index < -0.39 is 34.3 Å². The third kappa shape index (κ3) is 5.89. The van der Waals surface area contributed by atoms with Crippen LogP contribution in [0.4, 0.5) is 13.2 Å². The highest BCUT2D eigenvalue weighted by Gasteiger charge is 2.35. The fraction of sp³-hybridized carbons (Fsp3) is 0.320. The number of hydrogen-bond acceptors (Lipinski definition) is 8. The SMILES string of the molecule is C[C@@H](Oc1cc(-n2cnc3cnc(CN4CCS(O)(O)CC4)cc32)sc1C(N)=O)c1ccccc1C(F)(F)F. The normalized spacial score (nSPS) is 17.7. The van der Waals surface area contributed by atoms with Crippen molar-refractivity contribution < 1.29 is 31.8 Å². The number of hydrogen-bond donors (Lipinski definition) is 3. The number of ether oxygens (including phenoxy) is 1. The summed E-state index contributed by atoms with van der Waals surface area (Å²) in [6.07, 6.45) is -2.37. The van der Waals surface area contributed by atoms with Gasteiger partial charge < -0.3 is 10.5 Å². The lowest BCUT2D eigenvalue weighted by Crippen LogP contribution is -2.37. The van der Waals surface area contributed by atoms with Gasteiger partial charge in [0.15, 0.2) is 0 Å². The molecule has 0 radical (unpaired) electrons. The highest BCUT2D eigenvalue weighted by molar-refractivity contribution is 8.24. The van der Waals surface area contributed by atoms with Crippen LogP contribution in [-0.2, 0) is 12.7 Å². The van der Waals surface area contributed by atoms with E-state index in [1.54, 1.807) is 23.2 Å². The summed E-state index contributed by atoms with van der Waals surface area (Å²) in [6.45, 7) is 3.09. The summed E-state index contributed by atoms with van der Waals surface area (Å²) in [5.41, 5.74) is 6.79. The van der Waals surface area contributed by atoms with Gasteiger partial charge in [0.05, 0.1) is 34.5 Å². The lowest BCUT2D eigenvalue weighted by atomic mass is 10.0. The van der Waals surface area contributed by atoms with E-state index in [4.69, 9.17) is 10.5 Å². The Labute approximate surface area is 227 Å². The molecule has 0 saturated carbocycles. The number of nitrogens with zero attached hydrogens (tertiary/aromatic N) is 4. The first-order valence-corrected chi connectivity index (χ1v) is 14.7. The smallest absolute Gasteiger partial charge is 0.416 e. The molecule has 0 spiro atoms. The first kappa shape index (κ1) is 27.4. The van der Waals surface area contributed by atoms with Crippen LogP contribution in [0.25, 0.3) is 16.0 Å². The fourth-order valence-electron chi connectivity index (χ4n) is 4.47. The summed E-state index contributed by atoms with van der Waals surface area (Å²) in [5.74, 6) is -0.0318. The van der Waals surface area contributed by atoms with Gasteiger partial charge in [0.2, 0.25) is 0 Å². The van der Waals surface area contributed by atoms with Crippen LogP contribution in [-0.4, -0.2) is 59.0 Å². The summed E-state index contributed by atoms with van der Waals surface area (Å²) in [7, 11) is -2.50. The van der Waals surface area contributed by atoms with E-state index in [9.17, 15) is 27.1 Å². The van der Waals surface area contributed by atoms with Crippen molar-refractivity contribution in [2.45, 2.75) is 25.7 Å². The first-order valence-electron chi connectivity index (χ1n) is 12.0. The van der Waals surface area contributed by atoms with Gasteiger partial charge in [0.25, 0.3) is 5.91 Å². The number of aromatic nitrogens is 3. The van der Waals surface area contributed by atoms with E-state index >= 15 is 0 Å². The van der Waals surface area contributed by atoms with Crippen LogP contribution in [0, 0.1) is 0 Å². The van der Waals surface area contributed by atoms with Crippen LogP contribution in [0.3, 0.4) is 0 Å². The molecule has 1 saturated heterocycles. The second-order valence-corrected chi connectivity index (χ2v) is 12.7. The number of rotatable bonds is 7. The number of carbonyl (C=O) groups is 1. The minimum absolute atomic E-state index is 0.0593. The third-order valence-corrected chi connectivity index (χ3v) is 9.30. The van der Waals surface area contributed by atoms with Crippen LogP contribution < -0.4 is 10.5 Å². The maximum absolute atomic E-state index is 13.5. The topological polar surface area (TPSA) is 127 Å². The molecule has 1 aromatic carbocycles. The molecule has 0 unspecified atom stereocenters. The summed E-state index contributed by atoms with van der Waals surface area (Å²) in [5, 5.41) is 0.543. The number of fused-ring (bicyclic) bond motifs is 1. The number of primary amides is 1. The Balaban J connectivity index is 1.43. The number of benzene rings is 1. The quantitative estimate of drug-likeness (QED) is 0.270. The van der Waals surface area contributed by atoms with Crippen molar-refractivity contribution in [2.75, 3.05) is 24.6 Å². The van der Waals surface area contributed by atoms with E-state index in [-0.39, 0.29) is 16.2 Å². The van der Waals surface area contributed by atoms with Crippen molar-refractivity contribution in [3.8, 4) is 10.8 Å². The van der Waals surface area contributed by atoms with Crippen molar-refractivity contribution in [2.24, 2.45) is 5.73 Å². The number of amides is 1. The Morgan fingerprint density at radius 2 is 1.92 bits per heavy atom. The van der Waals surface area contributed by atoms with Crippen molar-refractivity contribution in [3.63, 3.8) is 0 Å². The zero-order chi connectivity index (χ0) is 27.9. The van der Waals surface area contributed by atoms with E-state index in [0.717, 1.165) is 23.1 Å². The molecule has 4 aromatic rings. The number of halogens is 3. The summed E-state index contributed by atoms with van der Waals surface area (Å²) >= 11 is 1.05. The zero-order valence-corrected chi connectivity index (χ0v) is 22.4. The Morgan fingerprint density at radius 3 is 2.62 bits per heavy atom. The maximum Gasteiger partial charge on any atom is 0.416 e. The van der Waals surface area contributed by atoms with Gasteiger partial charge in [-0.1, -0.05) is 18.2 Å². The van der Waals surface area contributed by atoms with Crippen LogP contribution in [0.5, 0.6) is 5.75 Å². The van der Waals surface area contributed by atoms with Gasteiger partial charge in [-0.05, 0) is 19.1 Å². The van der Waals surface area contributed by atoms with Gasteiger partial charge in [-0.25, -0.2) is 4.98 Å². The Kier molecular flexibility index (Phi) is 7.33. The molecule has 4 N–H and O–H groups in total. The minimum Gasteiger partial charge on any atom is -0.484 e. The zero-order valence-electron chi connectivity index (χ0n) is 20.8. The average Bonchev–Trinajstić information content (AvgIpc) is 3.48. The summed E-state index contributed by atoms with van der Waals surface area (Å²) < 4.78 is 68.0. The van der Waals surface area contributed by atoms with Crippen molar-refractivity contribution >= 4 is 38.9 Å². The van der Waals surface area contributed by atoms with Crippen molar-refractivity contribution in [1.29, 1.82) is 0 Å². The molecule has 1 aliphatic heterocycles. The summed E-state index contributed by atoms with van der Waals surface area (Å²) in [4.78, 5) is 23.3. The van der Waals surface area contributed by atoms with Gasteiger partial charge >= 0.3 is 6.18 Å². The van der Waals surface area contributed by atoms with Gasteiger partial charge in [-0.2, -0.15) is 23.8 Å². The Hall–Kier alpha value is -3.17.